The van der Waals surface area contributed by atoms with Crippen molar-refractivity contribution in [2.45, 2.75) is 52.1 Å². The molecule has 0 bridgehead atoms. The number of carbonyl (C=O) groups excluding carboxylic acids is 2. The number of nitrogens with two attached hydrogens (primary N) is 1. The summed E-state index contributed by atoms with van der Waals surface area (Å²) in [7, 11) is 0. The minimum atomic E-state index is -0.701. The van der Waals surface area contributed by atoms with Gasteiger partial charge in [0.25, 0.3) is 0 Å². The van der Waals surface area contributed by atoms with Crippen molar-refractivity contribution in [3.63, 3.8) is 0 Å². The van der Waals surface area contributed by atoms with Crippen LogP contribution in [-0.4, -0.2) is 34.3 Å². The third-order valence-electron chi connectivity index (χ3n) is 2.39. The second-order valence-corrected chi connectivity index (χ2v) is 5.15. The third kappa shape index (κ3) is 4.22. The van der Waals surface area contributed by atoms with Crippen molar-refractivity contribution in [2.75, 3.05) is 6.54 Å². The Morgan fingerprint density at radius 3 is 2.59 bits per heavy atom. The summed E-state index contributed by atoms with van der Waals surface area (Å²) in [5.41, 5.74) is -0.621. The van der Waals surface area contributed by atoms with E-state index in [1.54, 1.807) is 20.8 Å². The van der Waals surface area contributed by atoms with E-state index < -0.39 is 11.7 Å². The Balaban J connectivity index is 2.63. The zero-order valence-electron chi connectivity index (χ0n) is 10.7. The van der Waals surface area contributed by atoms with E-state index in [0.717, 1.165) is 24.4 Å². The highest BCUT2D eigenvalue weighted by atomic mass is 16.6. The molecule has 6 nitrogen and oxygen atoms in total. The molecule has 2 amide bonds. The first-order chi connectivity index (χ1) is 7.81. The van der Waals surface area contributed by atoms with Gasteiger partial charge in [0.1, 0.15) is 5.60 Å². The summed E-state index contributed by atoms with van der Waals surface area (Å²) < 4.78 is 5.11. The number of carbonyl (C=O) groups is 2. The Bertz CT molecular complexity index is 299. The molecular weight excluding hydrogens is 222 g/mol. The van der Waals surface area contributed by atoms with Gasteiger partial charge in [0.15, 0.2) is 0 Å². The average Bonchev–Trinajstić information content (AvgIpc) is 2.39. The molecule has 0 aromatic carbocycles. The molecule has 2 N–H and O–H groups in total. The number of rotatable bonds is 1. The molecule has 0 atom stereocenters. The van der Waals surface area contributed by atoms with Crippen molar-refractivity contribution in [3.05, 3.63) is 0 Å². The van der Waals surface area contributed by atoms with Gasteiger partial charge in [-0.15, -0.1) is 5.12 Å². The topological polar surface area (TPSA) is 75.9 Å². The van der Waals surface area contributed by atoms with Crippen molar-refractivity contribution in [3.8, 4) is 0 Å². The first-order valence-corrected chi connectivity index (χ1v) is 5.89. The van der Waals surface area contributed by atoms with Gasteiger partial charge in [-0.1, -0.05) is 6.42 Å². The fourth-order valence-corrected chi connectivity index (χ4v) is 1.60. The van der Waals surface area contributed by atoms with Crippen LogP contribution in [0, 0.1) is 0 Å². The summed E-state index contributed by atoms with van der Waals surface area (Å²) in [6, 6.07) is 0. The van der Waals surface area contributed by atoms with Gasteiger partial charge in [-0.3, -0.25) is 4.79 Å². The Hall–Kier alpha value is -1.30. The Morgan fingerprint density at radius 2 is 2.00 bits per heavy atom. The molecule has 17 heavy (non-hydrogen) atoms. The Labute approximate surface area is 102 Å². The maximum Gasteiger partial charge on any atom is 0.444 e. The van der Waals surface area contributed by atoms with Gasteiger partial charge >= 0.3 is 6.09 Å². The SMILES string of the molecule is CC(C)(C)OC(=O)N(N)N1CCCCCC1=O. The molecule has 0 spiro atoms. The minimum absolute atomic E-state index is 0.129. The highest BCUT2D eigenvalue weighted by Gasteiger charge is 2.28. The quantitative estimate of drug-likeness (QED) is 0.429. The summed E-state index contributed by atoms with van der Waals surface area (Å²) >= 11 is 0. The summed E-state index contributed by atoms with van der Waals surface area (Å²) in [4.78, 5) is 23.4. The van der Waals surface area contributed by atoms with Crippen molar-refractivity contribution in [2.24, 2.45) is 5.84 Å². The van der Waals surface area contributed by atoms with Gasteiger partial charge in [-0.2, -0.15) is 0 Å². The van der Waals surface area contributed by atoms with Gasteiger partial charge in [-0.05, 0) is 33.6 Å². The summed E-state index contributed by atoms with van der Waals surface area (Å²) in [5.74, 6) is 5.49. The van der Waals surface area contributed by atoms with E-state index in [1.807, 2.05) is 0 Å². The van der Waals surface area contributed by atoms with E-state index in [9.17, 15) is 9.59 Å². The number of ether oxygens (including phenoxy) is 1. The fourth-order valence-electron chi connectivity index (χ4n) is 1.60. The lowest BCUT2D eigenvalue weighted by Gasteiger charge is -2.31. The number of hydrogen-bond donors (Lipinski definition) is 1. The number of hydrazine groups is 2. The van der Waals surface area contributed by atoms with Crippen LogP contribution in [0.4, 0.5) is 4.79 Å². The van der Waals surface area contributed by atoms with Crippen LogP contribution in [0.15, 0.2) is 0 Å². The van der Waals surface area contributed by atoms with E-state index in [1.165, 1.54) is 5.01 Å². The van der Waals surface area contributed by atoms with Crippen LogP contribution < -0.4 is 5.84 Å². The van der Waals surface area contributed by atoms with E-state index in [2.05, 4.69) is 0 Å². The maximum absolute atomic E-state index is 11.7. The van der Waals surface area contributed by atoms with Gasteiger partial charge in [0.2, 0.25) is 5.91 Å². The number of hydrogen-bond acceptors (Lipinski definition) is 4. The first-order valence-electron chi connectivity index (χ1n) is 5.89. The fraction of sp³-hybridized carbons (Fsp3) is 0.818. The molecule has 0 unspecified atom stereocenters. The zero-order chi connectivity index (χ0) is 13.1. The van der Waals surface area contributed by atoms with E-state index >= 15 is 0 Å². The molecule has 1 saturated heterocycles. The van der Waals surface area contributed by atoms with Gasteiger partial charge in [0.05, 0.1) is 0 Å². The van der Waals surface area contributed by atoms with Crippen molar-refractivity contribution >= 4 is 12.0 Å². The van der Waals surface area contributed by atoms with E-state index in [0.29, 0.717) is 13.0 Å². The van der Waals surface area contributed by atoms with Crippen molar-refractivity contribution in [1.82, 2.24) is 10.1 Å². The third-order valence-corrected chi connectivity index (χ3v) is 2.39. The van der Waals surface area contributed by atoms with Crippen LogP contribution in [0.3, 0.4) is 0 Å². The number of amides is 2. The molecule has 1 fully saturated rings. The second-order valence-electron chi connectivity index (χ2n) is 5.15. The summed E-state index contributed by atoms with van der Waals surface area (Å²) in [6.07, 6.45) is 2.40. The largest absolute Gasteiger partial charge is 0.444 e. The maximum atomic E-state index is 11.7. The zero-order valence-corrected chi connectivity index (χ0v) is 10.7. The van der Waals surface area contributed by atoms with Crippen LogP contribution in [0.1, 0.15) is 46.5 Å². The van der Waals surface area contributed by atoms with Crippen LogP contribution in [0.25, 0.3) is 0 Å². The highest BCUT2D eigenvalue weighted by Crippen LogP contribution is 2.14. The molecule has 1 heterocycles. The Kier molecular flexibility index (Phi) is 4.34. The molecule has 1 aliphatic rings. The van der Waals surface area contributed by atoms with Gasteiger partial charge in [-0.25, -0.2) is 15.6 Å². The van der Waals surface area contributed by atoms with E-state index in [-0.39, 0.29) is 5.91 Å². The summed E-state index contributed by atoms with van der Waals surface area (Å²) in [6.45, 7) is 5.73. The molecule has 1 rings (SSSR count). The van der Waals surface area contributed by atoms with Crippen LogP contribution >= 0.6 is 0 Å². The lowest BCUT2D eigenvalue weighted by molar-refractivity contribution is -0.147. The predicted molar refractivity (Wildman–Crippen MR) is 62.4 cm³/mol. The molecular formula is C11H21N3O3. The van der Waals surface area contributed by atoms with Crippen molar-refractivity contribution in [1.29, 1.82) is 0 Å². The average molecular weight is 243 g/mol. The van der Waals surface area contributed by atoms with Crippen molar-refractivity contribution < 1.29 is 14.3 Å². The molecule has 0 aromatic rings. The van der Waals surface area contributed by atoms with Crippen LogP contribution in [0.5, 0.6) is 0 Å². The lowest BCUT2D eigenvalue weighted by atomic mass is 10.2. The van der Waals surface area contributed by atoms with Gasteiger partial charge in [0, 0.05) is 13.0 Å². The molecule has 1 aliphatic heterocycles. The molecule has 98 valence electrons. The normalized spacial score (nSPS) is 17.6. The predicted octanol–water partition coefficient (Wildman–Crippen LogP) is 1.41. The van der Waals surface area contributed by atoms with Gasteiger partial charge < -0.3 is 4.74 Å². The molecule has 0 aromatic heterocycles. The van der Waals surface area contributed by atoms with Crippen LogP contribution in [-0.2, 0) is 9.53 Å². The minimum Gasteiger partial charge on any atom is -0.441 e. The highest BCUT2D eigenvalue weighted by molar-refractivity contribution is 5.79. The first kappa shape index (κ1) is 13.8. The standard InChI is InChI=1S/C11H21N3O3/c1-11(2,3)17-10(16)14(12)13-8-6-4-5-7-9(13)15/h4-8,12H2,1-3H3. The monoisotopic (exact) mass is 243 g/mol. The molecule has 0 saturated carbocycles. The van der Waals surface area contributed by atoms with E-state index in [4.69, 9.17) is 10.6 Å². The lowest BCUT2D eigenvalue weighted by Crippen LogP contribution is -2.55. The van der Waals surface area contributed by atoms with Crippen LogP contribution in [0.2, 0.25) is 0 Å². The molecule has 6 heteroatoms. The smallest absolute Gasteiger partial charge is 0.441 e. The second kappa shape index (κ2) is 5.35. The summed E-state index contributed by atoms with van der Waals surface area (Å²) in [5, 5.41) is 2.06. The Morgan fingerprint density at radius 1 is 1.35 bits per heavy atom. The molecule has 0 aliphatic carbocycles. The molecule has 0 radical (unpaired) electrons. The number of nitrogens with zero attached hydrogens (tertiary/aromatic N) is 2.